The quantitative estimate of drug-likeness (QED) is 0.651. The van der Waals surface area contributed by atoms with E-state index in [2.05, 4.69) is 11.6 Å². The second-order valence-electron chi connectivity index (χ2n) is 5.29. The normalized spacial score (nSPS) is 10.2. The molecular formula is C18H20N2O4. The number of carbonyl (C=O) groups excluding carboxylic acids is 1. The standard InChI is InChI=1S/C18H20N2O4/c1-10-8-13(9-16(24-5)11(10)2)12(3)14-6-7-15(23-4)17(19-14)18(21)20-22/h6-9,22H,3H2,1-2,4-5H3,(H,20,21). The predicted octanol–water partition coefficient (Wildman–Crippen LogP) is 2.90. The zero-order chi connectivity index (χ0) is 17.9. The molecule has 0 spiro atoms. The van der Waals surface area contributed by atoms with Crippen LogP contribution in [0.1, 0.15) is 32.9 Å². The van der Waals surface area contributed by atoms with Gasteiger partial charge in [0.25, 0.3) is 5.91 Å². The maximum Gasteiger partial charge on any atom is 0.297 e. The van der Waals surface area contributed by atoms with E-state index in [0.29, 0.717) is 11.3 Å². The number of aryl methyl sites for hydroxylation is 1. The zero-order valence-corrected chi connectivity index (χ0v) is 14.1. The lowest BCUT2D eigenvalue weighted by Crippen LogP contribution is -2.21. The van der Waals surface area contributed by atoms with E-state index in [-0.39, 0.29) is 11.4 Å². The highest BCUT2D eigenvalue weighted by atomic mass is 16.5. The van der Waals surface area contributed by atoms with Crippen LogP contribution in [0.4, 0.5) is 0 Å². The number of hydrogen-bond acceptors (Lipinski definition) is 5. The topological polar surface area (TPSA) is 80.7 Å². The second-order valence-corrected chi connectivity index (χ2v) is 5.29. The lowest BCUT2D eigenvalue weighted by Gasteiger charge is -2.14. The summed E-state index contributed by atoms with van der Waals surface area (Å²) in [6, 6.07) is 7.17. The van der Waals surface area contributed by atoms with Gasteiger partial charge in [-0.3, -0.25) is 10.0 Å². The summed E-state index contributed by atoms with van der Waals surface area (Å²) in [5.74, 6) is 0.267. The minimum absolute atomic E-state index is 0.0190. The van der Waals surface area contributed by atoms with Gasteiger partial charge in [-0.2, -0.15) is 0 Å². The summed E-state index contributed by atoms with van der Waals surface area (Å²) in [5.41, 5.74) is 5.63. The predicted molar refractivity (Wildman–Crippen MR) is 90.6 cm³/mol. The Kier molecular flexibility index (Phi) is 5.21. The first-order chi connectivity index (χ1) is 11.4. The highest BCUT2D eigenvalue weighted by Gasteiger charge is 2.17. The van der Waals surface area contributed by atoms with Gasteiger partial charge in [-0.1, -0.05) is 12.6 Å². The lowest BCUT2D eigenvalue weighted by molar-refractivity contribution is 0.0697. The van der Waals surface area contributed by atoms with Crippen LogP contribution in [0.25, 0.3) is 5.57 Å². The van der Waals surface area contributed by atoms with Gasteiger partial charge in [0.1, 0.15) is 11.5 Å². The molecule has 126 valence electrons. The number of hydroxylamine groups is 1. The number of carbonyl (C=O) groups is 1. The number of benzene rings is 1. The summed E-state index contributed by atoms with van der Waals surface area (Å²) in [5, 5.41) is 8.86. The van der Waals surface area contributed by atoms with Crippen molar-refractivity contribution in [2.45, 2.75) is 13.8 Å². The number of pyridine rings is 1. The highest BCUT2D eigenvalue weighted by molar-refractivity contribution is 5.94. The van der Waals surface area contributed by atoms with Gasteiger partial charge in [-0.25, -0.2) is 10.5 Å². The Hall–Kier alpha value is -2.86. The van der Waals surface area contributed by atoms with Crippen molar-refractivity contribution in [1.82, 2.24) is 10.5 Å². The molecule has 24 heavy (non-hydrogen) atoms. The van der Waals surface area contributed by atoms with Gasteiger partial charge < -0.3 is 9.47 Å². The van der Waals surface area contributed by atoms with E-state index < -0.39 is 5.91 Å². The van der Waals surface area contributed by atoms with E-state index in [1.807, 2.05) is 26.0 Å². The Morgan fingerprint density at radius 2 is 1.83 bits per heavy atom. The van der Waals surface area contributed by atoms with E-state index >= 15 is 0 Å². The Morgan fingerprint density at radius 1 is 1.17 bits per heavy atom. The lowest BCUT2D eigenvalue weighted by atomic mass is 9.98. The average molecular weight is 328 g/mol. The van der Waals surface area contributed by atoms with Crippen molar-refractivity contribution in [3.8, 4) is 11.5 Å². The van der Waals surface area contributed by atoms with Crippen molar-refractivity contribution >= 4 is 11.5 Å². The largest absolute Gasteiger partial charge is 0.496 e. The number of aromatic nitrogens is 1. The smallest absolute Gasteiger partial charge is 0.297 e. The van der Waals surface area contributed by atoms with E-state index in [1.54, 1.807) is 24.7 Å². The van der Waals surface area contributed by atoms with Crippen LogP contribution >= 0.6 is 0 Å². The number of ether oxygens (including phenoxy) is 2. The Morgan fingerprint density at radius 3 is 2.42 bits per heavy atom. The summed E-state index contributed by atoms with van der Waals surface area (Å²) in [6.07, 6.45) is 0. The molecule has 1 heterocycles. The molecule has 6 heteroatoms. The molecule has 0 saturated heterocycles. The van der Waals surface area contributed by atoms with Gasteiger partial charge >= 0.3 is 0 Å². The Bertz CT molecular complexity index is 800. The first-order valence-electron chi connectivity index (χ1n) is 7.27. The Balaban J connectivity index is 2.51. The molecule has 0 atom stereocenters. The van der Waals surface area contributed by atoms with Gasteiger partial charge in [0.15, 0.2) is 5.69 Å². The summed E-state index contributed by atoms with van der Waals surface area (Å²) in [7, 11) is 3.04. The maximum absolute atomic E-state index is 11.8. The molecule has 1 aromatic carbocycles. The van der Waals surface area contributed by atoms with Crippen molar-refractivity contribution in [2.75, 3.05) is 14.2 Å². The van der Waals surface area contributed by atoms with Gasteiger partial charge in [0.05, 0.1) is 19.9 Å². The van der Waals surface area contributed by atoms with E-state index in [9.17, 15) is 4.79 Å². The molecule has 6 nitrogen and oxygen atoms in total. The maximum atomic E-state index is 11.8. The third kappa shape index (κ3) is 3.23. The molecule has 0 aliphatic rings. The van der Waals surface area contributed by atoms with Gasteiger partial charge in [-0.05, 0) is 48.7 Å². The van der Waals surface area contributed by atoms with Crippen LogP contribution in [0.2, 0.25) is 0 Å². The summed E-state index contributed by atoms with van der Waals surface area (Å²) in [6.45, 7) is 8.04. The molecule has 0 bridgehead atoms. The molecule has 0 aliphatic heterocycles. The van der Waals surface area contributed by atoms with Gasteiger partial charge in [-0.15, -0.1) is 0 Å². The third-order valence-electron chi connectivity index (χ3n) is 3.89. The van der Waals surface area contributed by atoms with Crippen molar-refractivity contribution in [2.24, 2.45) is 0 Å². The van der Waals surface area contributed by atoms with Gasteiger partial charge in [0, 0.05) is 5.57 Å². The SMILES string of the molecule is C=C(c1cc(C)c(C)c(OC)c1)c1ccc(OC)c(C(=O)NO)n1. The number of nitrogens with zero attached hydrogens (tertiary/aromatic N) is 1. The van der Waals surface area contributed by atoms with Crippen molar-refractivity contribution in [1.29, 1.82) is 0 Å². The number of amides is 1. The number of hydrogen-bond donors (Lipinski definition) is 2. The molecule has 0 aliphatic carbocycles. The first-order valence-corrected chi connectivity index (χ1v) is 7.27. The van der Waals surface area contributed by atoms with Crippen molar-refractivity contribution in [3.05, 3.63) is 58.9 Å². The summed E-state index contributed by atoms with van der Waals surface area (Å²) < 4.78 is 10.5. The average Bonchev–Trinajstić information content (AvgIpc) is 2.61. The number of methoxy groups -OCH3 is 2. The fourth-order valence-electron chi connectivity index (χ4n) is 2.36. The van der Waals surface area contributed by atoms with Crippen LogP contribution in [0.15, 0.2) is 30.8 Å². The van der Waals surface area contributed by atoms with E-state index in [0.717, 1.165) is 22.4 Å². The molecule has 0 saturated carbocycles. The fraction of sp³-hybridized carbons (Fsp3) is 0.222. The van der Waals surface area contributed by atoms with Crippen LogP contribution in [0.5, 0.6) is 11.5 Å². The minimum Gasteiger partial charge on any atom is -0.496 e. The van der Waals surface area contributed by atoms with Crippen molar-refractivity contribution in [3.63, 3.8) is 0 Å². The van der Waals surface area contributed by atoms with E-state index in [1.165, 1.54) is 7.11 Å². The van der Waals surface area contributed by atoms with Crippen LogP contribution in [0.3, 0.4) is 0 Å². The molecule has 0 radical (unpaired) electrons. The molecule has 1 amide bonds. The third-order valence-corrected chi connectivity index (χ3v) is 3.89. The number of rotatable bonds is 5. The molecule has 0 unspecified atom stereocenters. The summed E-state index contributed by atoms with van der Waals surface area (Å²) in [4.78, 5) is 16.0. The number of nitrogens with one attached hydrogen (secondary N) is 1. The van der Waals surface area contributed by atoms with Crippen LogP contribution in [0, 0.1) is 13.8 Å². The van der Waals surface area contributed by atoms with Crippen LogP contribution < -0.4 is 15.0 Å². The minimum atomic E-state index is -0.751. The van der Waals surface area contributed by atoms with Crippen LogP contribution in [-0.4, -0.2) is 30.3 Å². The van der Waals surface area contributed by atoms with Gasteiger partial charge in [0.2, 0.25) is 0 Å². The summed E-state index contributed by atoms with van der Waals surface area (Å²) >= 11 is 0. The molecule has 2 aromatic rings. The molecule has 0 fully saturated rings. The molecular weight excluding hydrogens is 308 g/mol. The zero-order valence-electron chi connectivity index (χ0n) is 14.1. The highest BCUT2D eigenvalue weighted by Crippen LogP contribution is 2.30. The molecule has 2 N–H and O–H groups in total. The molecule has 2 rings (SSSR count). The monoisotopic (exact) mass is 328 g/mol. The second kappa shape index (κ2) is 7.14. The van der Waals surface area contributed by atoms with E-state index in [4.69, 9.17) is 14.7 Å². The fourth-order valence-corrected chi connectivity index (χ4v) is 2.36. The Labute approximate surface area is 140 Å². The molecule has 1 aromatic heterocycles. The van der Waals surface area contributed by atoms with Crippen LogP contribution in [-0.2, 0) is 0 Å². The van der Waals surface area contributed by atoms with Crippen molar-refractivity contribution < 1.29 is 19.5 Å². The first kappa shape index (κ1) is 17.5.